The molecule has 6 nitrogen and oxygen atoms in total. The highest BCUT2D eigenvalue weighted by atomic mass is 16.5. The number of hydrogen-bond donors (Lipinski definition) is 1. The highest BCUT2D eigenvalue weighted by Gasteiger charge is 2.21. The van der Waals surface area contributed by atoms with Crippen LogP contribution in [0.4, 0.5) is 4.79 Å². The molecule has 3 rings (SSSR count). The normalized spacial score (nSPS) is 21.4. The Morgan fingerprint density at radius 2 is 2.12 bits per heavy atom. The molecule has 2 saturated heterocycles. The predicted molar refractivity (Wildman–Crippen MR) is 101 cm³/mol. The van der Waals surface area contributed by atoms with Crippen LogP contribution in [0.3, 0.4) is 0 Å². The molecule has 1 aromatic rings. The van der Waals surface area contributed by atoms with E-state index in [1.807, 2.05) is 17.0 Å². The first-order chi connectivity index (χ1) is 12.7. The Labute approximate surface area is 156 Å². The van der Waals surface area contributed by atoms with Crippen LogP contribution in [0.2, 0.25) is 0 Å². The van der Waals surface area contributed by atoms with Gasteiger partial charge in [0, 0.05) is 45.9 Å². The van der Waals surface area contributed by atoms with Crippen LogP contribution in [-0.4, -0.2) is 68.4 Å². The Bertz CT molecular complexity index is 567. The lowest BCUT2D eigenvalue weighted by atomic mass is 10.1. The summed E-state index contributed by atoms with van der Waals surface area (Å²) in [5.74, 6) is 0.891. The molecule has 1 atom stereocenters. The summed E-state index contributed by atoms with van der Waals surface area (Å²) in [6.45, 7) is 5.81. The van der Waals surface area contributed by atoms with Gasteiger partial charge in [-0.05, 0) is 43.4 Å². The Morgan fingerprint density at radius 3 is 2.85 bits per heavy atom. The number of nitrogens with one attached hydrogen (secondary N) is 1. The molecular formula is C20H31N3O3. The minimum atomic E-state index is 0.0573. The lowest BCUT2D eigenvalue weighted by molar-refractivity contribution is 0.0117. The number of nitrogens with zero attached hydrogens (tertiary/aromatic N) is 2. The number of urea groups is 1. The standard InChI is InChI=1S/C20H31N3O3/c1-25-19-7-4-5-17(15-19)16-22-10-12-23(13-11-22)20(24)21-9-8-18-6-2-3-14-26-18/h4-5,7,15,18H,2-3,6,8-14,16H2,1H3,(H,21,24)/t18-/m1/s1. The third-order valence-electron chi connectivity index (χ3n) is 5.22. The molecule has 0 bridgehead atoms. The van der Waals surface area contributed by atoms with Crippen molar-refractivity contribution in [2.75, 3.05) is 46.4 Å². The zero-order valence-corrected chi connectivity index (χ0v) is 15.8. The van der Waals surface area contributed by atoms with E-state index in [9.17, 15) is 4.79 Å². The predicted octanol–water partition coefficient (Wildman–Crippen LogP) is 2.48. The maximum atomic E-state index is 12.3. The molecule has 144 valence electrons. The number of hydrogen-bond acceptors (Lipinski definition) is 4. The van der Waals surface area contributed by atoms with Gasteiger partial charge in [-0.1, -0.05) is 12.1 Å². The monoisotopic (exact) mass is 361 g/mol. The molecular weight excluding hydrogens is 330 g/mol. The highest BCUT2D eigenvalue weighted by Crippen LogP contribution is 2.16. The topological polar surface area (TPSA) is 54.0 Å². The van der Waals surface area contributed by atoms with Crippen molar-refractivity contribution in [1.82, 2.24) is 15.1 Å². The highest BCUT2D eigenvalue weighted by molar-refractivity contribution is 5.74. The molecule has 0 saturated carbocycles. The van der Waals surface area contributed by atoms with Crippen LogP contribution in [0, 0.1) is 0 Å². The van der Waals surface area contributed by atoms with Crippen molar-refractivity contribution < 1.29 is 14.3 Å². The van der Waals surface area contributed by atoms with E-state index < -0.39 is 0 Å². The van der Waals surface area contributed by atoms with Gasteiger partial charge in [0.05, 0.1) is 13.2 Å². The third-order valence-corrected chi connectivity index (χ3v) is 5.22. The molecule has 6 heteroatoms. The minimum Gasteiger partial charge on any atom is -0.497 e. The van der Waals surface area contributed by atoms with Gasteiger partial charge < -0.3 is 19.7 Å². The zero-order chi connectivity index (χ0) is 18.2. The number of methoxy groups -OCH3 is 1. The molecule has 0 aliphatic carbocycles. The summed E-state index contributed by atoms with van der Waals surface area (Å²) in [6.07, 6.45) is 4.78. The Kier molecular flexibility index (Phi) is 7.14. The molecule has 2 aliphatic rings. The first-order valence-electron chi connectivity index (χ1n) is 9.74. The molecule has 26 heavy (non-hydrogen) atoms. The van der Waals surface area contributed by atoms with Crippen molar-refractivity contribution in [1.29, 1.82) is 0 Å². The van der Waals surface area contributed by atoms with Crippen LogP contribution in [-0.2, 0) is 11.3 Å². The molecule has 1 N–H and O–H groups in total. The third kappa shape index (κ3) is 5.61. The molecule has 0 unspecified atom stereocenters. The lowest BCUT2D eigenvalue weighted by Gasteiger charge is -2.35. The summed E-state index contributed by atoms with van der Waals surface area (Å²) in [6, 6.07) is 8.24. The summed E-state index contributed by atoms with van der Waals surface area (Å²) in [5, 5.41) is 3.05. The molecule has 0 radical (unpaired) electrons. The number of ether oxygens (including phenoxy) is 2. The number of benzene rings is 1. The smallest absolute Gasteiger partial charge is 0.317 e. The van der Waals surface area contributed by atoms with E-state index in [0.717, 1.165) is 57.9 Å². The van der Waals surface area contributed by atoms with E-state index in [2.05, 4.69) is 22.3 Å². The minimum absolute atomic E-state index is 0.0573. The van der Waals surface area contributed by atoms with Gasteiger partial charge in [0.2, 0.25) is 0 Å². The average Bonchev–Trinajstić information content (AvgIpc) is 2.69. The van der Waals surface area contributed by atoms with Gasteiger partial charge in [0.25, 0.3) is 0 Å². The summed E-state index contributed by atoms with van der Waals surface area (Å²) in [5.41, 5.74) is 1.25. The fraction of sp³-hybridized carbons (Fsp3) is 0.650. The van der Waals surface area contributed by atoms with Gasteiger partial charge in [-0.3, -0.25) is 4.90 Å². The van der Waals surface area contributed by atoms with Crippen LogP contribution >= 0.6 is 0 Å². The largest absolute Gasteiger partial charge is 0.497 e. The Balaban J connectivity index is 1.35. The van der Waals surface area contributed by atoms with Crippen molar-refractivity contribution in [2.24, 2.45) is 0 Å². The number of carbonyl (C=O) groups is 1. The second-order valence-electron chi connectivity index (χ2n) is 7.12. The number of rotatable bonds is 6. The first-order valence-corrected chi connectivity index (χ1v) is 9.74. The van der Waals surface area contributed by atoms with Gasteiger partial charge >= 0.3 is 6.03 Å². The number of piperazine rings is 1. The van der Waals surface area contributed by atoms with Gasteiger partial charge in [0.15, 0.2) is 0 Å². The maximum Gasteiger partial charge on any atom is 0.317 e. The lowest BCUT2D eigenvalue weighted by Crippen LogP contribution is -2.51. The molecule has 0 aromatic heterocycles. The van der Waals surface area contributed by atoms with E-state index in [0.29, 0.717) is 12.6 Å². The van der Waals surface area contributed by atoms with E-state index in [1.165, 1.54) is 18.4 Å². The average molecular weight is 361 g/mol. The second-order valence-corrected chi connectivity index (χ2v) is 7.12. The zero-order valence-electron chi connectivity index (χ0n) is 15.8. The van der Waals surface area contributed by atoms with E-state index >= 15 is 0 Å². The quantitative estimate of drug-likeness (QED) is 0.846. The molecule has 1 aromatic carbocycles. The van der Waals surface area contributed by atoms with Crippen LogP contribution in [0.5, 0.6) is 5.75 Å². The van der Waals surface area contributed by atoms with Crippen molar-refractivity contribution in [3.8, 4) is 5.75 Å². The molecule has 2 aliphatic heterocycles. The van der Waals surface area contributed by atoms with Gasteiger partial charge in [-0.15, -0.1) is 0 Å². The van der Waals surface area contributed by atoms with E-state index in [-0.39, 0.29) is 6.03 Å². The summed E-state index contributed by atoms with van der Waals surface area (Å²) >= 11 is 0. The number of carbonyl (C=O) groups excluding carboxylic acids is 1. The first kappa shape index (κ1) is 19.0. The van der Waals surface area contributed by atoms with Crippen LogP contribution in [0.25, 0.3) is 0 Å². The van der Waals surface area contributed by atoms with Crippen LogP contribution in [0.15, 0.2) is 24.3 Å². The fourth-order valence-electron chi connectivity index (χ4n) is 3.63. The van der Waals surface area contributed by atoms with Crippen molar-refractivity contribution in [3.63, 3.8) is 0 Å². The summed E-state index contributed by atoms with van der Waals surface area (Å²) in [7, 11) is 1.69. The Hall–Kier alpha value is -1.79. The molecule has 2 amide bonds. The SMILES string of the molecule is COc1cccc(CN2CCN(C(=O)NCC[C@H]3CCCCO3)CC2)c1. The van der Waals surface area contributed by atoms with E-state index in [1.54, 1.807) is 7.11 Å². The van der Waals surface area contributed by atoms with Gasteiger partial charge in [-0.25, -0.2) is 4.79 Å². The Morgan fingerprint density at radius 1 is 1.27 bits per heavy atom. The number of amides is 2. The summed E-state index contributed by atoms with van der Waals surface area (Å²) in [4.78, 5) is 16.6. The van der Waals surface area contributed by atoms with Crippen molar-refractivity contribution in [2.45, 2.75) is 38.3 Å². The molecule has 2 heterocycles. The fourth-order valence-corrected chi connectivity index (χ4v) is 3.63. The van der Waals surface area contributed by atoms with Crippen molar-refractivity contribution in [3.05, 3.63) is 29.8 Å². The van der Waals surface area contributed by atoms with Gasteiger partial charge in [-0.2, -0.15) is 0 Å². The molecule has 2 fully saturated rings. The van der Waals surface area contributed by atoms with Crippen LogP contribution in [0.1, 0.15) is 31.2 Å². The van der Waals surface area contributed by atoms with E-state index in [4.69, 9.17) is 9.47 Å². The van der Waals surface area contributed by atoms with Crippen LogP contribution < -0.4 is 10.1 Å². The van der Waals surface area contributed by atoms with Gasteiger partial charge in [0.1, 0.15) is 5.75 Å². The van der Waals surface area contributed by atoms with Crippen molar-refractivity contribution >= 4 is 6.03 Å². The summed E-state index contributed by atoms with van der Waals surface area (Å²) < 4.78 is 11.0. The maximum absolute atomic E-state index is 12.3. The molecule has 0 spiro atoms. The second kappa shape index (κ2) is 9.78.